The molecule has 1 aromatic heterocycles. The summed E-state index contributed by atoms with van der Waals surface area (Å²) < 4.78 is 5.33. The quantitative estimate of drug-likeness (QED) is 0.830. The van der Waals surface area contributed by atoms with Crippen LogP contribution in [0.15, 0.2) is 4.52 Å². The molecule has 1 aromatic rings. The van der Waals surface area contributed by atoms with E-state index in [4.69, 9.17) is 4.52 Å². The molecule has 5 nitrogen and oxygen atoms in total. The SMILES string of the molecule is CCN(Cc1nc(C2CC2)no1)C1CCNC1. The Kier molecular flexibility index (Phi) is 3.11. The molecule has 2 fully saturated rings. The fraction of sp³-hybridized carbons (Fsp3) is 0.833. The van der Waals surface area contributed by atoms with Crippen molar-refractivity contribution >= 4 is 0 Å². The summed E-state index contributed by atoms with van der Waals surface area (Å²) in [6.07, 6.45) is 3.67. The fourth-order valence-corrected chi connectivity index (χ4v) is 2.46. The fourth-order valence-electron chi connectivity index (χ4n) is 2.46. The summed E-state index contributed by atoms with van der Waals surface area (Å²) in [7, 11) is 0. The molecular formula is C12H20N4O. The highest BCUT2D eigenvalue weighted by atomic mass is 16.5. The van der Waals surface area contributed by atoms with E-state index >= 15 is 0 Å². The van der Waals surface area contributed by atoms with Crippen molar-refractivity contribution in [3.05, 3.63) is 11.7 Å². The molecule has 0 bridgehead atoms. The lowest BCUT2D eigenvalue weighted by Gasteiger charge is -2.24. The molecule has 17 heavy (non-hydrogen) atoms. The zero-order chi connectivity index (χ0) is 11.7. The van der Waals surface area contributed by atoms with Crippen LogP contribution < -0.4 is 5.32 Å². The molecule has 3 rings (SSSR count). The van der Waals surface area contributed by atoms with Gasteiger partial charge in [0.1, 0.15) is 0 Å². The van der Waals surface area contributed by atoms with E-state index in [2.05, 4.69) is 27.3 Å². The third-order valence-corrected chi connectivity index (χ3v) is 3.72. The second-order valence-corrected chi connectivity index (χ2v) is 5.03. The first-order valence-electron chi connectivity index (χ1n) is 6.64. The Bertz CT molecular complexity index is 368. The van der Waals surface area contributed by atoms with E-state index in [0.29, 0.717) is 12.0 Å². The molecule has 0 amide bonds. The van der Waals surface area contributed by atoms with Crippen molar-refractivity contribution in [1.82, 2.24) is 20.4 Å². The number of rotatable bonds is 5. The van der Waals surface area contributed by atoms with Crippen molar-refractivity contribution in [2.45, 2.75) is 44.7 Å². The molecule has 5 heteroatoms. The monoisotopic (exact) mass is 236 g/mol. The van der Waals surface area contributed by atoms with Crippen molar-refractivity contribution < 1.29 is 4.52 Å². The molecule has 1 unspecified atom stereocenters. The summed E-state index contributed by atoms with van der Waals surface area (Å²) in [5.41, 5.74) is 0. The molecule has 2 heterocycles. The summed E-state index contributed by atoms with van der Waals surface area (Å²) in [4.78, 5) is 6.91. The summed E-state index contributed by atoms with van der Waals surface area (Å²) in [5.74, 6) is 2.27. The minimum Gasteiger partial charge on any atom is -0.338 e. The van der Waals surface area contributed by atoms with Crippen LogP contribution in [0.3, 0.4) is 0 Å². The van der Waals surface area contributed by atoms with Crippen LogP contribution in [0.5, 0.6) is 0 Å². The molecule has 1 saturated carbocycles. The summed E-state index contributed by atoms with van der Waals surface area (Å²) in [5, 5.41) is 7.46. The minimum absolute atomic E-state index is 0.579. The van der Waals surface area contributed by atoms with Gasteiger partial charge in [0.2, 0.25) is 5.89 Å². The van der Waals surface area contributed by atoms with Gasteiger partial charge in [0.25, 0.3) is 0 Å². The molecule has 0 radical (unpaired) electrons. The molecule has 1 aliphatic heterocycles. The highest BCUT2D eigenvalue weighted by Gasteiger charge is 2.29. The third-order valence-electron chi connectivity index (χ3n) is 3.72. The maximum atomic E-state index is 5.33. The number of hydrogen-bond acceptors (Lipinski definition) is 5. The summed E-state index contributed by atoms with van der Waals surface area (Å²) in [6.45, 7) is 6.22. The Hall–Kier alpha value is -0.940. The summed E-state index contributed by atoms with van der Waals surface area (Å²) in [6, 6.07) is 0.622. The minimum atomic E-state index is 0.579. The number of nitrogens with zero attached hydrogens (tertiary/aromatic N) is 3. The standard InChI is InChI=1S/C12H20N4O/c1-2-16(10-5-6-13-7-10)8-11-14-12(15-17-11)9-3-4-9/h9-10,13H,2-8H2,1H3. The zero-order valence-corrected chi connectivity index (χ0v) is 10.4. The predicted octanol–water partition coefficient (Wildman–Crippen LogP) is 1.13. The Morgan fingerprint density at radius 2 is 2.29 bits per heavy atom. The highest BCUT2D eigenvalue weighted by Crippen LogP contribution is 2.38. The van der Waals surface area contributed by atoms with Crippen LogP contribution in [-0.4, -0.2) is 40.7 Å². The second-order valence-electron chi connectivity index (χ2n) is 5.03. The van der Waals surface area contributed by atoms with Crippen LogP contribution in [0.2, 0.25) is 0 Å². The van der Waals surface area contributed by atoms with Gasteiger partial charge in [-0.2, -0.15) is 4.98 Å². The van der Waals surface area contributed by atoms with E-state index in [0.717, 1.165) is 37.9 Å². The average Bonchev–Trinajstić information content (AvgIpc) is 2.89. The molecule has 1 atom stereocenters. The molecule has 2 aliphatic rings. The maximum Gasteiger partial charge on any atom is 0.240 e. The predicted molar refractivity (Wildman–Crippen MR) is 63.6 cm³/mol. The van der Waals surface area contributed by atoms with E-state index in [1.165, 1.54) is 19.3 Å². The Balaban J connectivity index is 1.62. The number of aromatic nitrogens is 2. The van der Waals surface area contributed by atoms with Crippen molar-refractivity contribution in [2.75, 3.05) is 19.6 Å². The number of nitrogens with one attached hydrogen (secondary N) is 1. The van der Waals surface area contributed by atoms with Crippen LogP contribution in [0.25, 0.3) is 0 Å². The Morgan fingerprint density at radius 3 is 2.94 bits per heavy atom. The zero-order valence-electron chi connectivity index (χ0n) is 10.4. The topological polar surface area (TPSA) is 54.2 Å². The maximum absolute atomic E-state index is 5.33. The number of hydrogen-bond donors (Lipinski definition) is 1. The van der Waals surface area contributed by atoms with Crippen LogP contribution in [0.1, 0.15) is 43.8 Å². The van der Waals surface area contributed by atoms with Gasteiger partial charge >= 0.3 is 0 Å². The van der Waals surface area contributed by atoms with Gasteiger partial charge < -0.3 is 9.84 Å². The normalized spacial score (nSPS) is 24.7. The molecule has 0 spiro atoms. The molecule has 1 N–H and O–H groups in total. The van der Waals surface area contributed by atoms with Crippen molar-refractivity contribution in [3.8, 4) is 0 Å². The van der Waals surface area contributed by atoms with Crippen molar-refractivity contribution in [1.29, 1.82) is 0 Å². The van der Waals surface area contributed by atoms with E-state index in [1.54, 1.807) is 0 Å². The van der Waals surface area contributed by atoms with Gasteiger partial charge in [-0.1, -0.05) is 12.1 Å². The van der Waals surface area contributed by atoms with Gasteiger partial charge in [0.05, 0.1) is 6.54 Å². The van der Waals surface area contributed by atoms with Crippen LogP contribution >= 0.6 is 0 Å². The van der Waals surface area contributed by atoms with Gasteiger partial charge in [-0.3, -0.25) is 4.90 Å². The molecular weight excluding hydrogens is 216 g/mol. The third kappa shape index (κ3) is 2.50. The van der Waals surface area contributed by atoms with Gasteiger partial charge in [-0.05, 0) is 32.4 Å². The smallest absolute Gasteiger partial charge is 0.240 e. The molecule has 1 saturated heterocycles. The Morgan fingerprint density at radius 1 is 1.41 bits per heavy atom. The van der Waals surface area contributed by atoms with Crippen molar-refractivity contribution in [2.24, 2.45) is 0 Å². The average molecular weight is 236 g/mol. The lowest BCUT2D eigenvalue weighted by atomic mass is 10.2. The van der Waals surface area contributed by atoms with Gasteiger partial charge in [-0.25, -0.2) is 0 Å². The van der Waals surface area contributed by atoms with Crippen LogP contribution in [0.4, 0.5) is 0 Å². The van der Waals surface area contributed by atoms with E-state index in [9.17, 15) is 0 Å². The van der Waals surface area contributed by atoms with E-state index in [1.807, 2.05) is 0 Å². The first kappa shape index (κ1) is 11.2. The number of likely N-dealkylation sites (N-methyl/N-ethyl adjacent to an activating group) is 1. The van der Waals surface area contributed by atoms with Crippen LogP contribution in [-0.2, 0) is 6.54 Å². The van der Waals surface area contributed by atoms with E-state index in [-0.39, 0.29) is 0 Å². The lowest BCUT2D eigenvalue weighted by Crippen LogP contribution is -2.36. The second kappa shape index (κ2) is 4.74. The lowest BCUT2D eigenvalue weighted by molar-refractivity contribution is 0.183. The van der Waals surface area contributed by atoms with Gasteiger partial charge in [0.15, 0.2) is 5.82 Å². The van der Waals surface area contributed by atoms with Crippen molar-refractivity contribution in [3.63, 3.8) is 0 Å². The molecule has 1 aliphatic carbocycles. The largest absolute Gasteiger partial charge is 0.338 e. The van der Waals surface area contributed by atoms with Gasteiger partial charge in [-0.15, -0.1) is 0 Å². The first-order chi connectivity index (χ1) is 8.36. The van der Waals surface area contributed by atoms with Gasteiger partial charge in [0, 0.05) is 18.5 Å². The van der Waals surface area contributed by atoms with E-state index < -0.39 is 0 Å². The summed E-state index contributed by atoms with van der Waals surface area (Å²) >= 11 is 0. The van der Waals surface area contributed by atoms with Crippen LogP contribution in [0, 0.1) is 0 Å². The first-order valence-corrected chi connectivity index (χ1v) is 6.64. The molecule has 0 aromatic carbocycles. The Labute approximate surface area is 102 Å². The molecule has 94 valence electrons. The highest BCUT2D eigenvalue weighted by molar-refractivity contribution is 5.03.